The standard InChI is InChI=1S/C16H15F4N/c1-2-11-3-5-12(6-4-11)10-21-15-9-13(16(18,19)20)7-8-14(15)17/h3-9,21H,2,10H2,1H3. The predicted molar refractivity (Wildman–Crippen MR) is 74.5 cm³/mol. The summed E-state index contributed by atoms with van der Waals surface area (Å²) in [5.74, 6) is -0.701. The number of halogens is 4. The topological polar surface area (TPSA) is 12.0 Å². The lowest BCUT2D eigenvalue weighted by Crippen LogP contribution is -2.08. The number of hydrogen-bond donors (Lipinski definition) is 1. The van der Waals surface area contributed by atoms with Gasteiger partial charge in [0.1, 0.15) is 5.82 Å². The van der Waals surface area contributed by atoms with Gasteiger partial charge in [0.25, 0.3) is 0 Å². The maximum atomic E-state index is 13.5. The van der Waals surface area contributed by atoms with Crippen molar-refractivity contribution in [1.29, 1.82) is 0 Å². The van der Waals surface area contributed by atoms with Crippen molar-refractivity contribution < 1.29 is 17.6 Å². The number of benzene rings is 2. The molecular weight excluding hydrogens is 282 g/mol. The summed E-state index contributed by atoms with van der Waals surface area (Å²) in [5, 5.41) is 2.70. The summed E-state index contributed by atoms with van der Waals surface area (Å²) in [6.45, 7) is 2.30. The molecule has 1 N–H and O–H groups in total. The van der Waals surface area contributed by atoms with Crippen molar-refractivity contribution in [3.63, 3.8) is 0 Å². The number of hydrogen-bond acceptors (Lipinski definition) is 1. The fourth-order valence-corrected chi connectivity index (χ4v) is 1.93. The molecule has 0 unspecified atom stereocenters. The van der Waals surface area contributed by atoms with E-state index in [1.807, 2.05) is 31.2 Å². The van der Waals surface area contributed by atoms with Crippen LogP contribution in [0.15, 0.2) is 42.5 Å². The zero-order valence-corrected chi connectivity index (χ0v) is 11.5. The first-order valence-electron chi connectivity index (χ1n) is 6.58. The number of alkyl halides is 3. The average molecular weight is 297 g/mol. The van der Waals surface area contributed by atoms with Crippen molar-refractivity contribution in [3.8, 4) is 0 Å². The Bertz CT molecular complexity index is 603. The third-order valence-corrected chi connectivity index (χ3v) is 3.21. The summed E-state index contributed by atoms with van der Waals surface area (Å²) in [6, 6.07) is 9.98. The largest absolute Gasteiger partial charge is 0.416 e. The molecule has 2 aromatic rings. The van der Waals surface area contributed by atoms with E-state index in [2.05, 4.69) is 5.32 Å². The molecule has 0 bridgehead atoms. The summed E-state index contributed by atoms with van der Waals surface area (Å²) in [7, 11) is 0. The first-order valence-corrected chi connectivity index (χ1v) is 6.58. The Kier molecular flexibility index (Phi) is 4.50. The molecule has 0 aliphatic carbocycles. The quantitative estimate of drug-likeness (QED) is 0.781. The lowest BCUT2D eigenvalue weighted by Gasteiger charge is -2.12. The van der Waals surface area contributed by atoms with Crippen LogP contribution in [0.4, 0.5) is 23.2 Å². The second kappa shape index (κ2) is 6.16. The van der Waals surface area contributed by atoms with Gasteiger partial charge in [-0.25, -0.2) is 4.39 Å². The molecule has 0 aromatic heterocycles. The Morgan fingerprint density at radius 3 is 2.14 bits per heavy atom. The van der Waals surface area contributed by atoms with E-state index in [0.29, 0.717) is 0 Å². The predicted octanol–water partition coefficient (Wildman–Crippen LogP) is 5.02. The Labute approximate surface area is 120 Å². The molecule has 0 fully saturated rings. The van der Waals surface area contributed by atoms with E-state index in [4.69, 9.17) is 0 Å². The average Bonchev–Trinajstić information content (AvgIpc) is 2.45. The van der Waals surface area contributed by atoms with Crippen LogP contribution in [0.3, 0.4) is 0 Å². The Hall–Kier alpha value is -2.04. The summed E-state index contributed by atoms with van der Waals surface area (Å²) < 4.78 is 51.3. The summed E-state index contributed by atoms with van der Waals surface area (Å²) >= 11 is 0. The van der Waals surface area contributed by atoms with Crippen LogP contribution in [-0.4, -0.2) is 0 Å². The summed E-state index contributed by atoms with van der Waals surface area (Å²) in [5.41, 5.74) is 1.03. The van der Waals surface area contributed by atoms with Crippen LogP contribution < -0.4 is 5.32 Å². The van der Waals surface area contributed by atoms with E-state index in [0.717, 1.165) is 30.2 Å². The molecule has 5 heteroatoms. The van der Waals surface area contributed by atoms with Crippen molar-refractivity contribution in [2.24, 2.45) is 0 Å². The number of nitrogens with one attached hydrogen (secondary N) is 1. The van der Waals surface area contributed by atoms with Gasteiger partial charge >= 0.3 is 6.18 Å². The zero-order chi connectivity index (χ0) is 15.5. The molecule has 0 saturated heterocycles. The molecule has 2 aromatic carbocycles. The molecule has 0 radical (unpaired) electrons. The molecule has 0 aliphatic heterocycles. The Morgan fingerprint density at radius 1 is 0.952 bits per heavy atom. The van der Waals surface area contributed by atoms with Gasteiger partial charge in [0.05, 0.1) is 11.3 Å². The minimum atomic E-state index is -4.48. The van der Waals surface area contributed by atoms with Gasteiger partial charge in [0.15, 0.2) is 0 Å². The van der Waals surface area contributed by atoms with Crippen LogP contribution in [0, 0.1) is 5.82 Å². The van der Waals surface area contributed by atoms with Gasteiger partial charge in [-0.15, -0.1) is 0 Å². The van der Waals surface area contributed by atoms with E-state index in [1.165, 1.54) is 5.56 Å². The first kappa shape index (κ1) is 15.4. The second-order valence-electron chi connectivity index (χ2n) is 4.72. The summed E-state index contributed by atoms with van der Waals surface area (Å²) in [4.78, 5) is 0. The minimum absolute atomic E-state index is 0.149. The molecule has 0 amide bonds. The lowest BCUT2D eigenvalue weighted by molar-refractivity contribution is -0.137. The molecule has 2 rings (SSSR count). The van der Waals surface area contributed by atoms with Gasteiger partial charge in [-0.1, -0.05) is 31.2 Å². The Balaban J connectivity index is 2.11. The molecule has 21 heavy (non-hydrogen) atoms. The maximum Gasteiger partial charge on any atom is 0.416 e. The lowest BCUT2D eigenvalue weighted by atomic mass is 10.1. The van der Waals surface area contributed by atoms with Crippen molar-refractivity contribution >= 4 is 5.69 Å². The minimum Gasteiger partial charge on any atom is -0.379 e. The van der Waals surface area contributed by atoms with Gasteiger partial charge in [0.2, 0.25) is 0 Å². The zero-order valence-electron chi connectivity index (χ0n) is 11.5. The fraction of sp³-hybridized carbons (Fsp3) is 0.250. The normalized spacial score (nSPS) is 11.5. The number of anilines is 1. The molecule has 0 heterocycles. The number of rotatable bonds is 4. The van der Waals surface area contributed by atoms with Gasteiger partial charge in [-0.05, 0) is 35.7 Å². The third-order valence-electron chi connectivity index (χ3n) is 3.21. The van der Waals surface area contributed by atoms with Crippen LogP contribution in [0.1, 0.15) is 23.6 Å². The van der Waals surface area contributed by atoms with E-state index >= 15 is 0 Å². The molecule has 0 spiro atoms. The third kappa shape index (κ3) is 3.97. The van der Waals surface area contributed by atoms with Crippen molar-refractivity contribution in [3.05, 3.63) is 65.0 Å². The first-order chi connectivity index (χ1) is 9.90. The molecule has 112 valence electrons. The van der Waals surface area contributed by atoms with Crippen LogP contribution in [0.5, 0.6) is 0 Å². The highest BCUT2D eigenvalue weighted by atomic mass is 19.4. The van der Waals surface area contributed by atoms with E-state index in [1.54, 1.807) is 0 Å². The van der Waals surface area contributed by atoms with E-state index < -0.39 is 17.6 Å². The highest BCUT2D eigenvalue weighted by Crippen LogP contribution is 2.31. The van der Waals surface area contributed by atoms with Crippen LogP contribution in [0.25, 0.3) is 0 Å². The SMILES string of the molecule is CCc1ccc(CNc2cc(C(F)(F)F)ccc2F)cc1. The van der Waals surface area contributed by atoms with Gasteiger partial charge in [0, 0.05) is 6.54 Å². The van der Waals surface area contributed by atoms with Crippen LogP contribution in [-0.2, 0) is 19.1 Å². The van der Waals surface area contributed by atoms with Crippen molar-refractivity contribution in [1.82, 2.24) is 0 Å². The monoisotopic (exact) mass is 297 g/mol. The molecule has 0 atom stereocenters. The van der Waals surface area contributed by atoms with Gasteiger partial charge in [-0.2, -0.15) is 13.2 Å². The molecule has 1 nitrogen and oxygen atoms in total. The van der Waals surface area contributed by atoms with Gasteiger partial charge < -0.3 is 5.32 Å². The second-order valence-corrected chi connectivity index (χ2v) is 4.72. The highest BCUT2D eigenvalue weighted by Gasteiger charge is 2.31. The fourth-order valence-electron chi connectivity index (χ4n) is 1.93. The smallest absolute Gasteiger partial charge is 0.379 e. The van der Waals surface area contributed by atoms with Crippen LogP contribution in [0.2, 0.25) is 0 Å². The Morgan fingerprint density at radius 2 is 1.57 bits per heavy atom. The van der Waals surface area contributed by atoms with Crippen molar-refractivity contribution in [2.45, 2.75) is 26.1 Å². The summed E-state index contributed by atoms with van der Waals surface area (Å²) in [6.07, 6.45) is -3.57. The maximum absolute atomic E-state index is 13.5. The molecule has 0 aliphatic rings. The number of aryl methyl sites for hydroxylation is 1. The molecular formula is C16H15F4N. The van der Waals surface area contributed by atoms with E-state index in [9.17, 15) is 17.6 Å². The van der Waals surface area contributed by atoms with Crippen molar-refractivity contribution in [2.75, 3.05) is 5.32 Å². The molecule has 0 saturated carbocycles. The highest BCUT2D eigenvalue weighted by molar-refractivity contribution is 5.48. The van der Waals surface area contributed by atoms with E-state index in [-0.39, 0.29) is 12.2 Å². The van der Waals surface area contributed by atoms with Crippen LogP contribution >= 0.6 is 0 Å². The van der Waals surface area contributed by atoms with Gasteiger partial charge in [-0.3, -0.25) is 0 Å².